The molecule has 1 heterocycles. The predicted octanol–water partition coefficient (Wildman–Crippen LogP) is 2.03. The lowest BCUT2D eigenvalue weighted by Gasteiger charge is -2.11. The van der Waals surface area contributed by atoms with Crippen LogP contribution in [0.15, 0.2) is 46.1 Å². The van der Waals surface area contributed by atoms with Crippen LogP contribution < -0.4 is 16.0 Å². The number of nitrogens with zero attached hydrogens (tertiary/aromatic N) is 1. The minimum atomic E-state index is -0.169. The van der Waals surface area contributed by atoms with Gasteiger partial charge in [-0.15, -0.1) is 6.42 Å². The van der Waals surface area contributed by atoms with E-state index in [2.05, 4.69) is 32.2 Å². The van der Waals surface area contributed by atoms with E-state index in [-0.39, 0.29) is 12.5 Å². The molecule has 5 nitrogen and oxygen atoms in total. The zero-order valence-corrected chi connectivity index (χ0v) is 13.6. The lowest BCUT2D eigenvalue weighted by atomic mass is 10.2. The van der Waals surface area contributed by atoms with Crippen molar-refractivity contribution in [3.63, 3.8) is 0 Å². The molecule has 0 saturated heterocycles. The van der Waals surface area contributed by atoms with E-state index in [1.807, 2.05) is 17.5 Å². The molecule has 0 atom stereocenters. The topological polar surface area (TPSA) is 65.5 Å². The molecule has 3 N–H and O–H groups in total. The molecule has 0 radical (unpaired) electrons. The highest BCUT2D eigenvalue weighted by Gasteiger charge is 2.05. The summed E-state index contributed by atoms with van der Waals surface area (Å²) in [6.45, 7) is 0.776. The smallest absolute Gasteiger partial charge is 0.243 e. The Morgan fingerprint density at radius 2 is 2.22 bits per heavy atom. The molecule has 23 heavy (non-hydrogen) atoms. The Labute approximate surface area is 139 Å². The van der Waals surface area contributed by atoms with Crippen molar-refractivity contribution in [3.8, 4) is 12.3 Å². The molecular weight excluding hydrogens is 308 g/mol. The van der Waals surface area contributed by atoms with Crippen molar-refractivity contribution in [2.24, 2.45) is 4.99 Å². The van der Waals surface area contributed by atoms with Crippen molar-refractivity contribution in [3.05, 3.63) is 52.2 Å². The molecule has 0 aliphatic rings. The highest BCUT2D eigenvalue weighted by molar-refractivity contribution is 7.07. The van der Waals surface area contributed by atoms with Crippen LogP contribution in [0.5, 0.6) is 0 Å². The maximum atomic E-state index is 12.0. The van der Waals surface area contributed by atoms with Gasteiger partial charge >= 0.3 is 0 Å². The fraction of sp³-hybridized carbons (Fsp3) is 0.176. The molecule has 0 spiro atoms. The highest BCUT2D eigenvalue weighted by Crippen LogP contribution is 2.09. The van der Waals surface area contributed by atoms with E-state index >= 15 is 0 Å². The number of anilines is 1. The number of carbonyl (C=O) groups excluding carboxylic acids is 1. The Hall–Kier alpha value is -2.78. The molecule has 1 aromatic heterocycles. The van der Waals surface area contributed by atoms with E-state index in [9.17, 15) is 4.79 Å². The number of guanidine groups is 1. The van der Waals surface area contributed by atoms with Crippen LogP contribution in [-0.4, -0.2) is 25.5 Å². The van der Waals surface area contributed by atoms with E-state index in [0.29, 0.717) is 18.2 Å². The molecule has 0 aliphatic carbocycles. The van der Waals surface area contributed by atoms with Crippen molar-refractivity contribution < 1.29 is 4.79 Å². The summed E-state index contributed by atoms with van der Waals surface area (Å²) < 4.78 is 0. The normalized spacial score (nSPS) is 10.7. The summed E-state index contributed by atoms with van der Waals surface area (Å²) in [6.07, 6.45) is 5.34. The van der Waals surface area contributed by atoms with Gasteiger partial charge in [0.25, 0.3) is 0 Å². The van der Waals surface area contributed by atoms with E-state index in [1.54, 1.807) is 36.6 Å². The average molecular weight is 326 g/mol. The highest BCUT2D eigenvalue weighted by atomic mass is 32.1. The number of carbonyl (C=O) groups is 1. The summed E-state index contributed by atoms with van der Waals surface area (Å²) >= 11 is 1.64. The van der Waals surface area contributed by atoms with Gasteiger partial charge < -0.3 is 16.0 Å². The van der Waals surface area contributed by atoms with Gasteiger partial charge in [0.1, 0.15) is 0 Å². The maximum absolute atomic E-state index is 12.0. The van der Waals surface area contributed by atoms with Crippen LogP contribution in [0.4, 0.5) is 5.69 Å². The molecular formula is C17H18N4OS. The SMILES string of the molecule is C#Cc1cccc(NC(=O)CNC(=NC)NCc2ccsc2)c1. The molecule has 1 aromatic carbocycles. The molecule has 0 saturated carbocycles. The molecule has 118 valence electrons. The minimum Gasteiger partial charge on any atom is -0.352 e. The lowest BCUT2D eigenvalue weighted by Crippen LogP contribution is -2.41. The van der Waals surface area contributed by atoms with Gasteiger partial charge in [-0.2, -0.15) is 11.3 Å². The van der Waals surface area contributed by atoms with E-state index in [4.69, 9.17) is 6.42 Å². The van der Waals surface area contributed by atoms with Crippen molar-refractivity contribution in [2.75, 3.05) is 18.9 Å². The van der Waals surface area contributed by atoms with Crippen LogP contribution >= 0.6 is 11.3 Å². The predicted molar refractivity (Wildman–Crippen MR) is 95.5 cm³/mol. The number of rotatable bonds is 5. The second kappa shape index (κ2) is 8.61. The maximum Gasteiger partial charge on any atom is 0.243 e. The van der Waals surface area contributed by atoms with E-state index in [0.717, 1.165) is 5.56 Å². The third-order valence-electron chi connectivity index (χ3n) is 2.99. The Morgan fingerprint density at radius 3 is 2.91 bits per heavy atom. The fourth-order valence-corrected chi connectivity index (χ4v) is 2.52. The molecule has 2 rings (SSSR count). The van der Waals surface area contributed by atoms with Gasteiger partial charge in [0, 0.05) is 24.8 Å². The van der Waals surface area contributed by atoms with Gasteiger partial charge in [-0.1, -0.05) is 12.0 Å². The molecule has 6 heteroatoms. The first kappa shape index (κ1) is 16.6. The summed E-state index contributed by atoms with van der Waals surface area (Å²) in [5.41, 5.74) is 2.57. The van der Waals surface area contributed by atoms with Gasteiger partial charge in [-0.05, 0) is 40.6 Å². The van der Waals surface area contributed by atoms with E-state index < -0.39 is 0 Å². The monoisotopic (exact) mass is 326 g/mol. The molecule has 0 aliphatic heterocycles. The van der Waals surface area contributed by atoms with Crippen LogP contribution in [0.2, 0.25) is 0 Å². The first-order valence-corrected chi connectivity index (χ1v) is 7.97. The number of benzene rings is 1. The quantitative estimate of drug-likeness (QED) is 0.447. The summed E-state index contributed by atoms with van der Waals surface area (Å²) in [7, 11) is 1.66. The molecule has 1 amide bonds. The summed E-state index contributed by atoms with van der Waals surface area (Å²) in [6, 6.07) is 9.20. The Balaban J connectivity index is 1.79. The third-order valence-corrected chi connectivity index (χ3v) is 3.73. The third kappa shape index (κ3) is 5.49. The van der Waals surface area contributed by atoms with Gasteiger partial charge in [0.15, 0.2) is 5.96 Å². The van der Waals surface area contributed by atoms with Gasteiger partial charge in [-0.25, -0.2) is 0 Å². The summed E-state index contributed by atoms with van der Waals surface area (Å²) in [4.78, 5) is 16.0. The first-order valence-electron chi connectivity index (χ1n) is 7.03. The number of nitrogens with one attached hydrogen (secondary N) is 3. The number of hydrogen-bond donors (Lipinski definition) is 3. The zero-order chi connectivity index (χ0) is 16.5. The Morgan fingerprint density at radius 1 is 1.35 bits per heavy atom. The van der Waals surface area contributed by atoms with Gasteiger partial charge in [-0.3, -0.25) is 9.79 Å². The lowest BCUT2D eigenvalue weighted by molar-refractivity contribution is -0.115. The standard InChI is InChI=1S/C17H18N4OS/c1-3-13-5-4-6-15(9-13)21-16(22)11-20-17(18-2)19-10-14-7-8-23-12-14/h1,4-9,12H,10-11H2,2H3,(H,21,22)(H2,18,19,20). The number of hydrogen-bond acceptors (Lipinski definition) is 3. The summed E-state index contributed by atoms with van der Waals surface area (Å²) in [5.74, 6) is 2.94. The van der Waals surface area contributed by atoms with Crippen molar-refractivity contribution in [1.29, 1.82) is 0 Å². The van der Waals surface area contributed by atoms with Gasteiger partial charge in [0.05, 0.1) is 6.54 Å². The second-order valence-corrected chi connectivity index (χ2v) is 5.46. The average Bonchev–Trinajstić information content (AvgIpc) is 3.08. The van der Waals surface area contributed by atoms with E-state index in [1.165, 1.54) is 5.56 Å². The zero-order valence-electron chi connectivity index (χ0n) is 12.8. The molecule has 0 unspecified atom stereocenters. The number of thiophene rings is 1. The number of terminal acetylenes is 1. The molecule has 2 aromatic rings. The fourth-order valence-electron chi connectivity index (χ4n) is 1.86. The van der Waals surface area contributed by atoms with Crippen molar-refractivity contribution >= 4 is 28.9 Å². The minimum absolute atomic E-state index is 0.115. The molecule has 0 bridgehead atoms. The van der Waals surface area contributed by atoms with Crippen LogP contribution in [-0.2, 0) is 11.3 Å². The summed E-state index contributed by atoms with van der Waals surface area (Å²) in [5, 5.41) is 13.0. The second-order valence-electron chi connectivity index (χ2n) is 4.68. The molecule has 0 fully saturated rings. The van der Waals surface area contributed by atoms with Crippen LogP contribution in [0.3, 0.4) is 0 Å². The van der Waals surface area contributed by atoms with Gasteiger partial charge in [0.2, 0.25) is 5.91 Å². The largest absolute Gasteiger partial charge is 0.352 e. The first-order chi connectivity index (χ1) is 11.2. The van der Waals surface area contributed by atoms with Crippen molar-refractivity contribution in [1.82, 2.24) is 10.6 Å². The van der Waals surface area contributed by atoms with Crippen LogP contribution in [0.25, 0.3) is 0 Å². The van der Waals surface area contributed by atoms with Crippen LogP contribution in [0.1, 0.15) is 11.1 Å². The number of aliphatic imine (C=N–C) groups is 1. The van der Waals surface area contributed by atoms with Crippen molar-refractivity contribution in [2.45, 2.75) is 6.54 Å². The Kier molecular flexibility index (Phi) is 6.21. The Bertz CT molecular complexity index is 716. The number of amides is 1. The van der Waals surface area contributed by atoms with Crippen LogP contribution in [0, 0.1) is 12.3 Å².